The van der Waals surface area contributed by atoms with Crippen LogP contribution in [0.3, 0.4) is 0 Å². The van der Waals surface area contributed by atoms with Crippen LogP contribution in [0.1, 0.15) is 57.0 Å². The molecule has 0 atom stereocenters. The molecular weight excluding hydrogens is 268 g/mol. The number of aryl methyl sites for hydroxylation is 1. The van der Waals surface area contributed by atoms with Crippen LogP contribution >= 0.6 is 0 Å². The van der Waals surface area contributed by atoms with Gasteiger partial charge in [0.05, 0.1) is 19.8 Å². The first-order valence-corrected chi connectivity index (χ1v) is 7.37. The zero-order chi connectivity index (χ0) is 16.2. The molecule has 118 valence electrons. The second-order valence-electron chi connectivity index (χ2n) is 5.40. The Morgan fingerprint density at radius 2 is 1.76 bits per heavy atom. The van der Waals surface area contributed by atoms with Crippen LogP contribution in [0.25, 0.3) is 0 Å². The van der Waals surface area contributed by atoms with Crippen molar-refractivity contribution in [3.63, 3.8) is 0 Å². The van der Waals surface area contributed by atoms with Crippen molar-refractivity contribution in [3.8, 4) is 17.2 Å². The van der Waals surface area contributed by atoms with Gasteiger partial charge in [0.1, 0.15) is 5.60 Å². The normalized spacial score (nSPS) is 15.0. The van der Waals surface area contributed by atoms with Crippen LogP contribution in [0.2, 0.25) is 0 Å². The van der Waals surface area contributed by atoms with Crippen molar-refractivity contribution in [2.45, 2.75) is 53.1 Å². The van der Waals surface area contributed by atoms with Crippen LogP contribution in [-0.4, -0.2) is 25.6 Å². The standard InChI is InChI=1S/C15H20O4.C2H6/c1-9(16)11-8-10-6-7-15(2,3)19-12(10)14(18-5)13(11)17-4;1-2/h8H,6-7H2,1-5H3;1-2H3. The summed E-state index contributed by atoms with van der Waals surface area (Å²) in [6.07, 6.45) is 1.77. The van der Waals surface area contributed by atoms with Gasteiger partial charge in [-0.15, -0.1) is 0 Å². The van der Waals surface area contributed by atoms with Crippen molar-refractivity contribution >= 4 is 5.78 Å². The highest BCUT2D eigenvalue weighted by Crippen LogP contribution is 2.47. The van der Waals surface area contributed by atoms with Gasteiger partial charge >= 0.3 is 0 Å². The molecule has 2 rings (SSSR count). The van der Waals surface area contributed by atoms with Gasteiger partial charge in [-0.25, -0.2) is 0 Å². The first-order valence-electron chi connectivity index (χ1n) is 7.37. The molecule has 0 aromatic heterocycles. The van der Waals surface area contributed by atoms with E-state index in [0.717, 1.165) is 18.4 Å². The van der Waals surface area contributed by atoms with Gasteiger partial charge in [0, 0.05) is 0 Å². The lowest BCUT2D eigenvalue weighted by atomic mass is 9.92. The van der Waals surface area contributed by atoms with Crippen LogP contribution in [0.4, 0.5) is 0 Å². The maximum atomic E-state index is 11.7. The molecular formula is C17H26O4. The van der Waals surface area contributed by atoms with E-state index < -0.39 is 0 Å². The highest BCUT2D eigenvalue weighted by Gasteiger charge is 2.32. The minimum absolute atomic E-state index is 0.0391. The molecule has 4 heteroatoms. The number of ketones is 1. The van der Waals surface area contributed by atoms with Crippen LogP contribution in [0.5, 0.6) is 17.2 Å². The third-order valence-electron chi connectivity index (χ3n) is 3.43. The number of methoxy groups -OCH3 is 2. The minimum atomic E-state index is -0.233. The molecule has 21 heavy (non-hydrogen) atoms. The fraction of sp³-hybridized carbons (Fsp3) is 0.588. The summed E-state index contributed by atoms with van der Waals surface area (Å²) in [4.78, 5) is 11.7. The number of carbonyl (C=O) groups excluding carboxylic acids is 1. The lowest BCUT2D eigenvalue weighted by Crippen LogP contribution is -2.33. The van der Waals surface area contributed by atoms with Gasteiger partial charge in [-0.2, -0.15) is 0 Å². The Labute approximate surface area is 127 Å². The summed E-state index contributed by atoms with van der Waals surface area (Å²) in [6.45, 7) is 9.61. The molecule has 4 nitrogen and oxygen atoms in total. The van der Waals surface area contributed by atoms with Crippen LogP contribution in [-0.2, 0) is 6.42 Å². The molecule has 1 aromatic carbocycles. The average molecular weight is 294 g/mol. The molecule has 0 N–H and O–H groups in total. The van der Waals surface area contributed by atoms with Gasteiger partial charge in [-0.3, -0.25) is 4.79 Å². The number of hydrogen-bond donors (Lipinski definition) is 0. The number of rotatable bonds is 3. The fourth-order valence-electron chi connectivity index (χ4n) is 2.39. The van der Waals surface area contributed by atoms with Crippen molar-refractivity contribution in [1.29, 1.82) is 0 Å². The Hall–Kier alpha value is -1.71. The van der Waals surface area contributed by atoms with Crippen LogP contribution < -0.4 is 14.2 Å². The highest BCUT2D eigenvalue weighted by molar-refractivity contribution is 5.98. The van der Waals surface area contributed by atoms with E-state index in [2.05, 4.69) is 0 Å². The average Bonchev–Trinajstić information content (AvgIpc) is 2.46. The van der Waals surface area contributed by atoms with E-state index in [-0.39, 0.29) is 11.4 Å². The number of hydrogen-bond acceptors (Lipinski definition) is 4. The predicted octanol–water partition coefficient (Wildman–Crippen LogP) is 4.04. The molecule has 1 heterocycles. The van der Waals surface area contributed by atoms with E-state index in [4.69, 9.17) is 14.2 Å². The molecule has 0 bridgehead atoms. The predicted molar refractivity (Wildman–Crippen MR) is 83.9 cm³/mol. The number of ether oxygens (including phenoxy) is 3. The van der Waals surface area contributed by atoms with Crippen molar-refractivity contribution in [3.05, 3.63) is 17.2 Å². The molecule has 0 unspecified atom stereocenters. The maximum Gasteiger partial charge on any atom is 0.204 e. The molecule has 0 saturated heterocycles. The van der Waals surface area contributed by atoms with Crippen molar-refractivity contribution in [1.82, 2.24) is 0 Å². The quantitative estimate of drug-likeness (QED) is 0.789. The molecule has 1 aromatic rings. The second kappa shape index (κ2) is 6.83. The minimum Gasteiger partial charge on any atom is -0.492 e. The van der Waals surface area contributed by atoms with Gasteiger partial charge in [0.25, 0.3) is 0 Å². The lowest BCUT2D eigenvalue weighted by Gasteiger charge is -2.34. The Balaban J connectivity index is 0.00000106. The lowest BCUT2D eigenvalue weighted by molar-refractivity contribution is 0.0795. The summed E-state index contributed by atoms with van der Waals surface area (Å²) in [5.74, 6) is 1.62. The first-order chi connectivity index (χ1) is 9.89. The van der Waals surface area contributed by atoms with Crippen molar-refractivity contribution < 1.29 is 19.0 Å². The monoisotopic (exact) mass is 294 g/mol. The number of fused-ring (bicyclic) bond motifs is 1. The number of Topliss-reactive ketones (excluding diaryl/α,β-unsaturated/α-hetero) is 1. The third-order valence-corrected chi connectivity index (χ3v) is 3.43. The SMILES string of the molecule is CC.COc1c(C(C)=O)cc2c(c1OC)OC(C)(C)CC2. The Morgan fingerprint density at radius 3 is 2.24 bits per heavy atom. The van der Waals surface area contributed by atoms with E-state index in [1.165, 1.54) is 14.0 Å². The molecule has 0 amide bonds. The highest BCUT2D eigenvalue weighted by atomic mass is 16.5. The first kappa shape index (κ1) is 17.3. The van der Waals surface area contributed by atoms with E-state index in [1.807, 2.05) is 33.8 Å². The van der Waals surface area contributed by atoms with E-state index in [1.54, 1.807) is 7.11 Å². The molecule has 0 spiro atoms. The number of carbonyl (C=O) groups is 1. The largest absolute Gasteiger partial charge is 0.492 e. The van der Waals surface area contributed by atoms with Gasteiger partial charge < -0.3 is 14.2 Å². The van der Waals surface area contributed by atoms with E-state index in [9.17, 15) is 4.79 Å². The van der Waals surface area contributed by atoms with Crippen molar-refractivity contribution in [2.24, 2.45) is 0 Å². The van der Waals surface area contributed by atoms with Crippen LogP contribution in [0, 0.1) is 0 Å². The van der Waals surface area contributed by atoms with E-state index >= 15 is 0 Å². The fourth-order valence-corrected chi connectivity index (χ4v) is 2.39. The molecule has 0 fully saturated rings. The maximum absolute atomic E-state index is 11.7. The smallest absolute Gasteiger partial charge is 0.204 e. The van der Waals surface area contributed by atoms with Gasteiger partial charge in [-0.1, -0.05) is 13.8 Å². The zero-order valence-corrected chi connectivity index (χ0v) is 14.1. The van der Waals surface area contributed by atoms with Gasteiger partial charge in [0.2, 0.25) is 5.75 Å². The molecule has 0 saturated carbocycles. The molecule has 0 radical (unpaired) electrons. The Kier molecular flexibility index (Phi) is 5.64. The third kappa shape index (κ3) is 3.49. The van der Waals surface area contributed by atoms with Crippen molar-refractivity contribution in [2.75, 3.05) is 14.2 Å². The molecule has 1 aliphatic rings. The summed E-state index contributed by atoms with van der Waals surface area (Å²) in [7, 11) is 3.09. The van der Waals surface area contributed by atoms with Gasteiger partial charge in [-0.05, 0) is 45.2 Å². The molecule has 0 aliphatic carbocycles. The van der Waals surface area contributed by atoms with Gasteiger partial charge in [0.15, 0.2) is 17.3 Å². The Bertz CT molecular complexity index is 518. The zero-order valence-electron chi connectivity index (χ0n) is 14.1. The Morgan fingerprint density at radius 1 is 1.19 bits per heavy atom. The summed E-state index contributed by atoms with van der Waals surface area (Å²) in [5.41, 5.74) is 1.31. The topological polar surface area (TPSA) is 44.8 Å². The second-order valence-corrected chi connectivity index (χ2v) is 5.40. The summed E-state index contributed by atoms with van der Waals surface area (Å²) < 4.78 is 16.8. The summed E-state index contributed by atoms with van der Waals surface area (Å²) >= 11 is 0. The number of benzene rings is 1. The molecule has 1 aliphatic heterocycles. The van der Waals surface area contributed by atoms with Crippen LogP contribution in [0.15, 0.2) is 6.07 Å². The summed E-state index contributed by atoms with van der Waals surface area (Å²) in [6, 6.07) is 1.86. The van der Waals surface area contributed by atoms with E-state index in [0.29, 0.717) is 22.8 Å². The summed E-state index contributed by atoms with van der Waals surface area (Å²) in [5, 5.41) is 0.